The van der Waals surface area contributed by atoms with E-state index in [-0.39, 0.29) is 10.7 Å². The molecule has 3 heteroatoms. The van der Waals surface area contributed by atoms with E-state index in [9.17, 15) is 4.79 Å². The molecule has 0 spiro atoms. The Morgan fingerprint density at radius 1 is 1.20 bits per heavy atom. The van der Waals surface area contributed by atoms with E-state index in [1.807, 2.05) is 13.1 Å². The predicted octanol–water partition coefficient (Wildman–Crippen LogP) is 4.00. The molecular weight excluding hydrogens is 314 g/mol. The molecule has 1 atom stereocenters. The molecule has 102 valence electrons. The van der Waals surface area contributed by atoms with Gasteiger partial charge in [-0.1, -0.05) is 52.3 Å². The van der Waals surface area contributed by atoms with Gasteiger partial charge in [0.25, 0.3) is 0 Å². The van der Waals surface area contributed by atoms with Crippen molar-refractivity contribution < 1.29 is 4.79 Å². The van der Waals surface area contributed by atoms with Crippen LogP contribution in [0.25, 0.3) is 0 Å². The van der Waals surface area contributed by atoms with Crippen molar-refractivity contribution in [2.45, 2.75) is 18.2 Å². The summed E-state index contributed by atoms with van der Waals surface area (Å²) < 4.78 is 0. The highest BCUT2D eigenvalue weighted by atomic mass is 79.9. The molecule has 1 aliphatic heterocycles. The number of hydrogen-bond donors (Lipinski definition) is 0. The van der Waals surface area contributed by atoms with Crippen molar-refractivity contribution in [2.75, 3.05) is 11.9 Å². The van der Waals surface area contributed by atoms with Crippen molar-refractivity contribution in [2.24, 2.45) is 0 Å². The van der Waals surface area contributed by atoms with Crippen molar-refractivity contribution in [1.29, 1.82) is 0 Å². The van der Waals surface area contributed by atoms with Crippen molar-refractivity contribution in [3.8, 4) is 0 Å². The minimum absolute atomic E-state index is 0.162. The number of anilines is 1. The molecule has 1 heterocycles. The molecule has 0 aliphatic carbocycles. The van der Waals surface area contributed by atoms with Gasteiger partial charge in [-0.3, -0.25) is 4.79 Å². The van der Waals surface area contributed by atoms with Crippen LogP contribution in [-0.2, 0) is 11.2 Å². The van der Waals surface area contributed by atoms with Crippen molar-refractivity contribution >= 4 is 27.5 Å². The second-order valence-electron chi connectivity index (χ2n) is 5.24. The number of fused-ring (bicyclic) bond motifs is 1. The van der Waals surface area contributed by atoms with Crippen LogP contribution in [0.4, 0.5) is 5.69 Å². The van der Waals surface area contributed by atoms with Gasteiger partial charge in [0.05, 0.1) is 11.2 Å². The van der Waals surface area contributed by atoms with Gasteiger partial charge in [0.2, 0.25) is 5.91 Å². The lowest BCUT2D eigenvalue weighted by atomic mass is 9.98. The average Bonchev–Trinajstić information content (AvgIpc) is 2.73. The average molecular weight is 330 g/mol. The molecule has 0 fully saturated rings. The zero-order chi connectivity index (χ0) is 14.3. The van der Waals surface area contributed by atoms with Crippen LogP contribution in [0.15, 0.2) is 42.5 Å². The van der Waals surface area contributed by atoms with Crippen LogP contribution in [0.5, 0.6) is 0 Å². The molecule has 1 unspecified atom stereocenters. The Kier molecular flexibility index (Phi) is 3.38. The smallest absolute Gasteiger partial charge is 0.231 e. The van der Waals surface area contributed by atoms with Gasteiger partial charge >= 0.3 is 0 Å². The van der Waals surface area contributed by atoms with E-state index in [1.54, 1.807) is 4.90 Å². The molecule has 2 aromatic rings. The summed E-state index contributed by atoms with van der Waals surface area (Å²) in [5.74, 6) is 0.166. The number of alkyl halides is 1. The second kappa shape index (κ2) is 5.06. The fourth-order valence-corrected chi connectivity index (χ4v) is 3.50. The summed E-state index contributed by atoms with van der Waals surface area (Å²) in [4.78, 5) is 13.6. The standard InChI is InChI=1S/C17H16BrNO/c1-11-5-3-4-6-14(11)17(18)12-7-8-15-13(9-12)10-16(20)19(15)2/h3-9,17H,10H2,1-2H3. The van der Waals surface area contributed by atoms with Crippen LogP contribution < -0.4 is 4.90 Å². The van der Waals surface area contributed by atoms with E-state index in [2.05, 4.69) is 59.3 Å². The maximum Gasteiger partial charge on any atom is 0.231 e. The molecule has 3 rings (SSSR count). The maximum atomic E-state index is 11.8. The van der Waals surface area contributed by atoms with E-state index in [0.29, 0.717) is 6.42 Å². The molecule has 0 N–H and O–H groups in total. The van der Waals surface area contributed by atoms with E-state index < -0.39 is 0 Å². The first-order valence-corrected chi connectivity index (χ1v) is 7.58. The van der Waals surface area contributed by atoms with Gasteiger partial charge in [0.1, 0.15) is 0 Å². The van der Waals surface area contributed by atoms with Crippen molar-refractivity contribution in [3.05, 3.63) is 64.7 Å². The van der Waals surface area contributed by atoms with Gasteiger partial charge < -0.3 is 4.90 Å². The molecule has 2 aromatic carbocycles. The van der Waals surface area contributed by atoms with Gasteiger partial charge in [-0.15, -0.1) is 0 Å². The van der Waals surface area contributed by atoms with E-state index in [4.69, 9.17) is 0 Å². The Labute approximate surface area is 127 Å². The minimum atomic E-state index is 0.162. The number of carbonyl (C=O) groups is 1. The zero-order valence-electron chi connectivity index (χ0n) is 11.6. The van der Waals surface area contributed by atoms with Gasteiger partial charge in [-0.2, -0.15) is 0 Å². The number of amides is 1. The molecule has 0 aromatic heterocycles. The number of halogens is 1. The largest absolute Gasteiger partial charge is 0.315 e. The lowest BCUT2D eigenvalue weighted by Crippen LogP contribution is -2.20. The van der Waals surface area contributed by atoms with Crippen LogP contribution in [-0.4, -0.2) is 13.0 Å². The Bertz CT molecular complexity index is 680. The quantitative estimate of drug-likeness (QED) is 0.762. The third-order valence-electron chi connectivity index (χ3n) is 3.93. The number of nitrogens with zero attached hydrogens (tertiary/aromatic N) is 1. The van der Waals surface area contributed by atoms with Crippen LogP contribution in [0.3, 0.4) is 0 Å². The van der Waals surface area contributed by atoms with E-state index in [0.717, 1.165) is 11.3 Å². The molecule has 0 saturated carbocycles. The zero-order valence-corrected chi connectivity index (χ0v) is 13.1. The van der Waals surface area contributed by atoms with Crippen LogP contribution >= 0.6 is 15.9 Å². The highest BCUT2D eigenvalue weighted by Gasteiger charge is 2.25. The van der Waals surface area contributed by atoms with E-state index >= 15 is 0 Å². The van der Waals surface area contributed by atoms with Crippen LogP contribution in [0.1, 0.15) is 27.1 Å². The summed E-state index contributed by atoms with van der Waals surface area (Å²) in [7, 11) is 1.83. The van der Waals surface area contributed by atoms with Gasteiger partial charge in [0, 0.05) is 12.7 Å². The number of carbonyl (C=O) groups excluding carboxylic acids is 1. The molecule has 0 saturated heterocycles. The second-order valence-corrected chi connectivity index (χ2v) is 6.15. The summed E-state index contributed by atoms with van der Waals surface area (Å²) in [5.41, 5.74) is 5.88. The maximum absolute atomic E-state index is 11.8. The first-order chi connectivity index (χ1) is 9.58. The lowest BCUT2D eigenvalue weighted by Gasteiger charge is -2.15. The number of benzene rings is 2. The molecule has 0 bridgehead atoms. The molecule has 1 aliphatic rings. The number of aryl methyl sites for hydroxylation is 1. The highest BCUT2D eigenvalue weighted by molar-refractivity contribution is 9.09. The third kappa shape index (κ3) is 2.16. The first-order valence-electron chi connectivity index (χ1n) is 6.67. The van der Waals surface area contributed by atoms with Gasteiger partial charge in [0.15, 0.2) is 0 Å². The summed E-state index contributed by atoms with van der Waals surface area (Å²) in [6.45, 7) is 2.12. The summed E-state index contributed by atoms with van der Waals surface area (Å²) in [6.07, 6.45) is 0.507. The van der Waals surface area contributed by atoms with Crippen molar-refractivity contribution in [3.63, 3.8) is 0 Å². The molecular formula is C17H16BrNO. The fraction of sp³-hybridized carbons (Fsp3) is 0.235. The number of likely N-dealkylation sites (N-methyl/N-ethyl adjacent to an activating group) is 1. The summed E-state index contributed by atoms with van der Waals surface area (Å²) in [6, 6.07) is 14.6. The number of hydrogen-bond acceptors (Lipinski definition) is 1. The molecule has 0 radical (unpaired) electrons. The fourth-order valence-electron chi connectivity index (χ4n) is 2.70. The van der Waals surface area contributed by atoms with Gasteiger partial charge in [-0.25, -0.2) is 0 Å². The lowest BCUT2D eigenvalue weighted by molar-refractivity contribution is -0.117. The molecule has 1 amide bonds. The third-order valence-corrected chi connectivity index (χ3v) is 4.96. The van der Waals surface area contributed by atoms with Crippen LogP contribution in [0.2, 0.25) is 0 Å². The Morgan fingerprint density at radius 2 is 1.95 bits per heavy atom. The number of rotatable bonds is 2. The summed E-state index contributed by atoms with van der Waals surface area (Å²) in [5, 5.41) is 0. The SMILES string of the molecule is Cc1ccccc1C(Br)c1ccc2c(c1)CC(=O)N2C. The Hall–Kier alpha value is -1.61. The highest BCUT2D eigenvalue weighted by Crippen LogP contribution is 2.36. The minimum Gasteiger partial charge on any atom is -0.315 e. The predicted molar refractivity (Wildman–Crippen MR) is 85.5 cm³/mol. The summed E-state index contributed by atoms with van der Waals surface area (Å²) >= 11 is 3.78. The van der Waals surface area contributed by atoms with Gasteiger partial charge in [-0.05, 0) is 35.2 Å². The first kappa shape index (κ1) is 13.4. The van der Waals surface area contributed by atoms with E-state index in [1.165, 1.54) is 16.7 Å². The Balaban J connectivity index is 1.99. The normalized spacial score (nSPS) is 15.3. The van der Waals surface area contributed by atoms with Crippen LogP contribution in [0, 0.1) is 6.92 Å². The van der Waals surface area contributed by atoms with Crippen molar-refractivity contribution in [1.82, 2.24) is 0 Å². The topological polar surface area (TPSA) is 20.3 Å². The Morgan fingerprint density at radius 3 is 2.70 bits per heavy atom. The molecule has 2 nitrogen and oxygen atoms in total. The monoisotopic (exact) mass is 329 g/mol. The molecule has 20 heavy (non-hydrogen) atoms.